The van der Waals surface area contributed by atoms with Gasteiger partial charge in [0.15, 0.2) is 0 Å². The van der Waals surface area contributed by atoms with E-state index in [4.69, 9.17) is 9.97 Å². The summed E-state index contributed by atoms with van der Waals surface area (Å²) in [5.74, 6) is 0.525. The molecule has 2 N–H and O–H groups in total. The summed E-state index contributed by atoms with van der Waals surface area (Å²) in [7, 11) is 0. The van der Waals surface area contributed by atoms with Gasteiger partial charge in [0.1, 0.15) is 23.8 Å². The maximum Gasteiger partial charge on any atom is 0.416 e. The van der Waals surface area contributed by atoms with Gasteiger partial charge >= 0.3 is 6.18 Å². The zero-order valence-corrected chi connectivity index (χ0v) is 20.4. The Morgan fingerprint density at radius 2 is 1.76 bits per heavy atom. The van der Waals surface area contributed by atoms with Crippen LogP contribution < -0.4 is 10.6 Å². The number of nitrogens with zero attached hydrogens (tertiary/aromatic N) is 4. The number of nitrogens with one attached hydrogen (secondary N) is 2. The molecule has 194 valence electrons. The van der Waals surface area contributed by atoms with Crippen LogP contribution in [0.4, 0.5) is 19.0 Å². The first kappa shape index (κ1) is 24.9. The van der Waals surface area contributed by atoms with E-state index in [-0.39, 0.29) is 29.8 Å². The van der Waals surface area contributed by atoms with Gasteiger partial charge in [0.05, 0.1) is 24.2 Å². The maximum atomic E-state index is 13.4. The lowest BCUT2D eigenvalue weighted by Crippen LogP contribution is -2.63. The van der Waals surface area contributed by atoms with Crippen molar-refractivity contribution in [3.8, 4) is 0 Å². The first-order valence-electron chi connectivity index (χ1n) is 12.1. The first-order chi connectivity index (χ1) is 17.6. The van der Waals surface area contributed by atoms with Crippen LogP contribution in [0.5, 0.6) is 0 Å². The number of anilines is 1. The summed E-state index contributed by atoms with van der Waals surface area (Å²) in [6, 6.07) is 11.2. The van der Waals surface area contributed by atoms with E-state index in [2.05, 4.69) is 10.6 Å². The van der Waals surface area contributed by atoms with Crippen molar-refractivity contribution >= 4 is 28.5 Å². The number of aromatic nitrogens is 2. The second kappa shape index (κ2) is 9.62. The van der Waals surface area contributed by atoms with Crippen LogP contribution >= 0.6 is 0 Å². The third-order valence-corrected chi connectivity index (χ3v) is 6.78. The fourth-order valence-electron chi connectivity index (χ4n) is 4.74. The molecule has 2 bridgehead atoms. The first-order valence-corrected chi connectivity index (χ1v) is 12.1. The number of carbonyl (C=O) groups is 2. The molecule has 1 saturated heterocycles. The molecule has 3 aromatic rings. The molecule has 2 aliphatic rings. The summed E-state index contributed by atoms with van der Waals surface area (Å²) in [6.45, 7) is 5.19. The van der Waals surface area contributed by atoms with Crippen molar-refractivity contribution in [2.24, 2.45) is 5.92 Å². The molecule has 5 rings (SSSR count). The second-order valence-corrected chi connectivity index (χ2v) is 9.69. The third-order valence-electron chi connectivity index (χ3n) is 6.78. The molecule has 8 nitrogen and oxygen atoms in total. The average Bonchev–Trinajstić information content (AvgIpc) is 2.86. The Labute approximate surface area is 211 Å². The van der Waals surface area contributed by atoms with E-state index in [1.54, 1.807) is 4.90 Å². The van der Waals surface area contributed by atoms with Crippen LogP contribution in [-0.4, -0.2) is 63.4 Å². The van der Waals surface area contributed by atoms with E-state index in [0.29, 0.717) is 31.3 Å². The summed E-state index contributed by atoms with van der Waals surface area (Å²) in [5.41, 5.74) is 0.124. The number of amides is 2. The molecular formula is C26H27F3N6O2. The van der Waals surface area contributed by atoms with Gasteiger partial charge < -0.3 is 15.5 Å². The number of rotatable bonds is 2. The number of fused-ring (bicyclic) bond motifs is 5. The Hall–Kier alpha value is -3.73. The zero-order chi connectivity index (χ0) is 26.3. The van der Waals surface area contributed by atoms with Gasteiger partial charge in [-0.25, -0.2) is 9.97 Å². The maximum absolute atomic E-state index is 13.4. The normalized spacial score (nSPS) is 20.8. The lowest BCUT2D eigenvalue weighted by atomic mass is 10.0. The number of hydrogen-bond acceptors (Lipinski definition) is 6. The molecule has 2 atom stereocenters. The molecule has 3 heterocycles. The monoisotopic (exact) mass is 512 g/mol. The standard InChI is InChI=1S/C26H27F3N6O2/c1-15(2)22-24(36)32-21-14-35(25(37)16-7-9-17(10-8-16)26(27,28)29)12-11-34(21)13-20-30-19-6-4-3-5-18(19)23(31-20)33-22/h3-10,15,21-22H,11-14H2,1-2H3,(H,32,36)(H,30,31,33)/t21?,22-/m0/s1. The Morgan fingerprint density at radius 3 is 2.46 bits per heavy atom. The van der Waals surface area contributed by atoms with E-state index in [9.17, 15) is 22.8 Å². The van der Waals surface area contributed by atoms with Gasteiger partial charge in [-0.1, -0.05) is 26.0 Å². The SMILES string of the molecule is CC(C)[C@@H]1Nc2nc(nc3ccccc23)CN2CCN(C(=O)c3ccc(C(F)(F)F)cc3)CC2NC1=O. The van der Waals surface area contributed by atoms with Gasteiger partial charge in [-0.15, -0.1) is 0 Å². The van der Waals surface area contributed by atoms with Crippen LogP contribution in [0.25, 0.3) is 10.9 Å². The van der Waals surface area contributed by atoms with Crippen molar-refractivity contribution in [1.82, 2.24) is 25.1 Å². The molecule has 0 aliphatic carbocycles. The summed E-state index contributed by atoms with van der Waals surface area (Å²) in [6.07, 6.45) is -4.99. The molecule has 37 heavy (non-hydrogen) atoms. The van der Waals surface area contributed by atoms with Gasteiger partial charge in [0, 0.05) is 24.0 Å². The zero-order valence-electron chi connectivity index (χ0n) is 20.4. The minimum absolute atomic E-state index is 0.0569. The summed E-state index contributed by atoms with van der Waals surface area (Å²) >= 11 is 0. The highest BCUT2D eigenvalue weighted by Gasteiger charge is 2.36. The highest BCUT2D eigenvalue weighted by Crippen LogP contribution is 2.29. The summed E-state index contributed by atoms with van der Waals surface area (Å²) < 4.78 is 38.8. The molecule has 2 aromatic carbocycles. The Bertz CT molecular complexity index is 1330. The van der Waals surface area contributed by atoms with Gasteiger partial charge in [0.2, 0.25) is 5.91 Å². The topological polar surface area (TPSA) is 90.5 Å². The minimum atomic E-state index is -4.47. The van der Waals surface area contributed by atoms with Crippen LogP contribution in [0.2, 0.25) is 0 Å². The molecule has 0 radical (unpaired) electrons. The Balaban J connectivity index is 1.43. The van der Waals surface area contributed by atoms with E-state index < -0.39 is 23.9 Å². The number of halogens is 3. The molecule has 1 unspecified atom stereocenters. The number of carbonyl (C=O) groups excluding carboxylic acids is 2. The second-order valence-electron chi connectivity index (χ2n) is 9.69. The predicted molar refractivity (Wildman–Crippen MR) is 131 cm³/mol. The number of para-hydroxylation sites is 1. The third kappa shape index (κ3) is 5.08. The number of piperazine rings is 1. The fourth-order valence-corrected chi connectivity index (χ4v) is 4.74. The van der Waals surface area contributed by atoms with Crippen molar-refractivity contribution in [3.63, 3.8) is 0 Å². The van der Waals surface area contributed by atoms with Gasteiger partial charge in [-0.3, -0.25) is 14.5 Å². The van der Waals surface area contributed by atoms with Crippen LogP contribution in [0.1, 0.15) is 35.6 Å². The van der Waals surface area contributed by atoms with Crippen LogP contribution in [0.3, 0.4) is 0 Å². The quantitative estimate of drug-likeness (QED) is 0.547. The largest absolute Gasteiger partial charge is 0.416 e. The molecule has 1 aromatic heterocycles. The van der Waals surface area contributed by atoms with Crippen LogP contribution in [0, 0.1) is 5.92 Å². The van der Waals surface area contributed by atoms with E-state index in [1.807, 2.05) is 43.0 Å². The molecule has 11 heteroatoms. The predicted octanol–water partition coefficient (Wildman–Crippen LogP) is 3.50. The average molecular weight is 513 g/mol. The molecule has 2 aliphatic heterocycles. The molecule has 1 fully saturated rings. The van der Waals surface area contributed by atoms with Crippen molar-refractivity contribution in [2.75, 3.05) is 25.0 Å². The Morgan fingerprint density at radius 1 is 1.03 bits per heavy atom. The number of hydrogen-bond donors (Lipinski definition) is 2. The van der Waals surface area contributed by atoms with E-state index in [1.165, 1.54) is 12.1 Å². The summed E-state index contributed by atoms with van der Waals surface area (Å²) in [4.78, 5) is 39.5. The van der Waals surface area contributed by atoms with Gasteiger partial charge in [0.25, 0.3) is 5.91 Å². The van der Waals surface area contributed by atoms with Crippen molar-refractivity contribution in [1.29, 1.82) is 0 Å². The van der Waals surface area contributed by atoms with Crippen molar-refractivity contribution < 1.29 is 22.8 Å². The fraction of sp³-hybridized carbons (Fsp3) is 0.385. The summed E-state index contributed by atoms with van der Waals surface area (Å²) in [5, 5.41) is 7.20. The molecule has 0 spiro atoms. The van der Waals surface area contributed by atoms with Crippen molar-refractivity contribution in [3.05, 3.63) is 65.5 Å². The van der Waals surface area contributed by atoms with Crippen molar-refractivity contribution in [2.45, 2.75) is 38.8 Å². The van der Waals surface area contributed by atoms with Gasteiger partial charge in [-0.2, -0.15) is 13.2 Å². The lowest BCUT2D eigenvalue weighted by molar-refractivity contribution is -0.137. The molecular weight excluding hydrogens is 485 g/mol. The van der Waals surface area contributed by atoms with Crippen LogP contribution in [-0.2, 0) is 17.5 Å². The smallest absolute Gasteiger partial charge is 0.358 e. The van der Waals surface area contributed by atoms with E-state index >= 15 is 0 Å². The highest BCUT2D eigenvalue weighted by atomic mass is 19.4. The number of benzene rings is 2. The lowest BCUT2D eigenvalue weighted by Gasteiger charge is -2.42. The molecule has 2 amide bonds. The van der Waals surface area contributed by atoms with Gasteiger partial charge in [-0.05, 0) is 42.3 Å². The Kier molecular flexibility index (Phi) is 6.49. The van der Waals surface area contributed by atoms with Crippen LogP contribution in [0.15, 0.2) is 48.5 Å². The molecule has 0 saturated carbocycles. The number of alkyl halides is 3. The van der Waals surface area contributed by atoms with E-state index in [0.717, 1.165) is 23.0 Å². The minimum Gasteiger partial charge on any atom is -0.358 e. The highest BCUT2D eigenvalue weighted by molar-refractivity contribution is 5.95.